The predicted molar refractivity (Wildman–Crippen MR) is 41.3 cm³/mol. The summed E-state index contributed by atoms with van der Waals surface area (Å²) in [7, 11) is 0. The van der Waals surface area contributed by atoms with Crippen molar-refractivity contribution < 1.29 is 31.4 Å². The Labute approximate surface area is 86.3 Å². The second-order valence-electron chi connectivity index (χ2n) is 3.13. The van der Waals surface area contributed by atoms with Crippen LogP contribution in [-0.2, 0) is 17.5 Å². The fraction of sp³-hybridized carbons (Fsp3) is 0.333. The first-order valence-corrected chi connectivity index (χ1v) is 4.00. The van der Waals surface area contributed by atoms with Gasteiger partial charge in [-0.15, -0.1) is 0 Å². The van der Waals surface area contributed by atoms with Gasteiger partial charge in [0.05, 0.1) is 0 Å². The zero-order chi connectivity index (χ0) is 12.7. The molecule has 0 saturated carbocycles. The molecule has 0 bridgehead atoms. The van der Waals surface area contributed by atoms with Crippen LogP contribution in [0.2, 0.25) is 0 Å². The molecule has 1 aromatic rings. The average molecular weight is 243 g/mol. The van der Waals surface area contributed by atoms with Gasteiger partial charge in [0.1, 0.15) is 11.1 Å². The fourth-order valence-corrected chi connectivity index (χ4v) is 1.26. The molecule has 0 N–H and O–H groups in total. The van der Waals surface area contributed by atoms with Crippen LogP contribution in [0, 0.1) is 6.92 Å². The Hall–Kier alpha value is -1.40. The summed E-state index contributed by atoms with van der Waals surface area (Å²) in [6.07, 6.45) is -10.2. The van der Waals surface area contributed by atoms with Crippen LogP contribution in [0.25, 0.3) is 0 Å². The van der Waals surface area contributed by atoms with Crippen molar-refractivity contribution in [2.45, 2.75) is 19.3 Å². The van der Waals surface area contributed by atoms with E-state index in [4.69, 9.17) is 0 Å². The van der Waals surface area contributed by atoms with E-state index in [0.29, 0.717) is 12.1 Å². The second kappa shape index (κ2) is 3.57. The predicted octanol–water partition coefficient (Wildman–Crippen LogP) is 4.18. The van der Waals surface area contributed by atoms with Crippen LogP contribution in [-0.4, -0.2) is 0 Å². The molecule has 0 aliphatic heterocycles. The third-order valence-electron chi connectivity index (χ3n) is 1.95. The van der Waals surface area contributed by atoms with E-state index in [1.807, 2.05) is 0 Å². The van der Waals surface area contributed by atoms with Crippen molar-refractivity contribution in [1.29, 1.82) is 0 Å². The molecule has 0 atom stereocenters. The summed E-state index contributed by atoms with van der Waals surface area (Å²) in [6.45, 7) is 0.935. The first-order chi connectivity index (χ1) is 7.05. The van der Waals surface area contributed by atoms with E-state index in [-0.39, 0.29) is 0 Å². The zero-order valence-corrected chi connectivity index (χ0v) is 7.83. The van der Waals surface area contributed by atoms with Gasteiger partial charge >= 0.3 is 12.4 Å². The Bertz CT molecular complexity index is 404. The van der Waals surface area contributed by atoms with Crippen molar-refractivity contribution in [3.05, 3.63) is 28.8 Å². The maximum absolute atomic E-state index is 12.3. The third-order valence-corrected chi connectivity index (χ3v) is 1.95. The number of hydrogen-bond donors (Lipinski definition) is 0. The highest BCUT2D eigenvalue weighted by molar-refractivity contribution is 5.47. The number of halogens is 6. The number of hydrogen-bond acceptors (Lipinski definition) is 0. The summed E-state index contributed by atoms with van der Waals surface area (Å²) in [5, 5.41) is 11.0. The monoisotopic (exact) mass is 243 g/mol. The third kappa shape index (κ3) is 2.23. The van der Waals surface area contributed by atoms with E-state index < -0.39 is 34.8 Å². The fourth-order valence-electron chi connectivity index (χ4n) is 1.26. The summed E-state index contributed by atoms with van der Waals surface area (Å²) in [5.74, 6) is -2.03. The summed E-state index contributed by atoms with van der Waals surface area (Å²) in [6, 6.07) is 0.986. The largest absolute Gasteiger partial charge is 0.420 e. The van der Waals surface area contributed by atoms with Gasteiger partial charge in [-0.2, -0.15) is 26.3 Å². The topological polar surface area (TPSA) is 19.9 Å². The summed E-state index contributed by atoms with van der Waals surface area (Å²) in [5.41, 5.74) is -4.08. The molecule has 0 unspecified atom stereocenters. The van der Waals surface area contributed by atoms with Crippen LogP contribution in [0.4, 0.5) is 26.3 Å². The zero-order valence-electron chi connectivity index (χ0n) is 7.83. The van der Waals surface area contributed by atoms with E-state index >= 15 is 0 Å². The normalized spacial score (nSPS) is 12.9. The van der Waals surface area contributed by atoms with Crippen molar-refractivity contribution in [2.75, 3.05) is 0 Å². The molecule has 1 radical (unpaired) electrons. The standard InChI is InChI=1S/C9H5F6O/c1-4-2-3-5(8(10,11)12)7(16)6(4)9(13,14)15/h2-3H,1H3. The summed E-state index contributed by atoms with van der Waals surface area (Å²) >= 11 is 0. The molecule has 89 valence electrons. The van der Waals surface area contributed by atoms with Gasteiger partial charge < -0.3 is 0 Å². The van der Waals surface area contributed by atoms with Crippen molar-refractivity contribution in [1.82, 2.24) is 0 Å². The highest BCUT2D eigenvalue weighted by atomic mass is 19.4. The lowest BCUT2D eigenvalue weighted by Crippen LogP contribution is -2.12. The number of aryl methyl sites for hydroxylation is 1. The number of alkyl halides is 6. The van der Waals surface area contributed by atoms with Crippen LogP contribution >= 0.6 is 0 Å². The highest BCUT2D eigenvalue weighted by Gasteiger charge is 2.43. The highest BCUT2D eigenvalue weighted by Crippen LogP contribution is 2.45. The van der Waals surface area contributed by atoms with E-state index in [1.165, 1.54) is 0 Å². The van der Waals surface area contributed by atoms with Crippen molar-refractivity contribution in [3.8, 4) is 5.75 Å². The Morgan fingerprint density at radius 3 is 1.81 bits per heavy atom. The molecule has 1 nitrogen and oxygen atoms in total. The van der Waals surface area contributed by atoms with Crippen LogP contribution in [0.5, 0.6) is 5.75 Å². The molecular formula is C9H5F6O. The van der Waals surface area contributed by atoms with Crippen LogP contribution in [0.1, 0.15) is 16.7 Å². The Kier molecular flexibility index (Phi) is 2.82. The maximum Gasteiger partial charge on any atom is 0.420 e. The van der Waals surface area contributed by atoms with Gasteiger partial charge in [-0.3, -0.25) is 5.11 Å². The Morgan fingerprint density at radius 2 is 1.44 bits per heavy atom. The molecule has 0 saturated heterocycles. The quantitative estimate of drug-likeness (QED) is 0.609. The molecule has 1 aromatic carbocycles. The lowest BCUT2D eigenvalue weighted by Gasteiger charge is -2.14. The Balaban J connectivity index is 3.52. The smallest absolute Gasteiger partial charge is 0.289 e. The average Bonchev–Trinajstić information content (AvgIpc) is 1.97. The van der Waals surface area contributed by atoms with Crippen molar-refractivity contribution in [2.24, 2.45) is 0 Å². The minimum Gasteiger partial charge on any atom is -0.289 e. The van der Waals surface area contributed by atoms with Crippen molar-refractivity contribution >= 4 is 0 Å². The lowest BCUT2D eigenvalue weighted by atomic mass is 10.0. The SMILES string of the molecule is Cc1ccc(C(F)(F)F)c([O])c1C(F)(F)F. The molecule has 7 heteroatoms. The summed E-state index contributed by atoms with van der Waals surface area (Å²) < 4.78 is 73.5. The van der Waals surface area contributed by atoms with Gasteiger partial charge in [0, 0.05) is 0 Å². The van der Waals surface area contributed by atoms with E-state index in [1.54, 1.807) is 0 Å². The number of benzene rings is 1. The van der Waals surface area contributed by atoms with Gasteiger partial charge in [0.2, 0.25) is 5.75 Å². The molecular weight excluding hydrogens is 238 g/mol. The first kappa shape index (κ1) is 12.7. The van der Waals surface area contributed by atoms with Gasteiger partial charge in [-0.25, -0.2) is 0 Å². The minimum absolute atomic E-state index is 0.354. The van der Waals surface area contributed by atoms with Crippen molar-refractivity contribution in [3.63, 3.8) is 0 Å². The van der Waals surface area contributed by atoms with E-state index in [9.17, 15) is 31.4 Å². The van der Waals surface area contributed by atoms with E-state index in [2.05, 4.69) is 0 Å². The molecule has 0 aliphatic rings. The molecule has 0 aliphatic carbocycles. The van der Waals surface area contributed by atoms with Gasteiger partial charge in [0.25, 0.3) is 0 Å². The molecule has 0 spiro atoms. The first-order valence-electron chi connectivity index (χ1n) is 4.00. The summed E-state index contributed by atoms with van der Waals surface area (Å²) in [4.78, 5) is 0. The number of rotatable bonds is 0. The van der Waals surface area contributed by atoms with Crippen LogP contribution in [0.15, 0.2) is 12.1 Å². The molecule has 0 heterocycles. The lowest BCUT2D eigenvalue weighted by molar-refractivity contribution is -0.146. The van der Waals surface area contributed by atoms with Gasteiger partial charge in [-0.1, -0.05) is 6.07 Å². The molecule has 0 fully saturated rings. The maximum atomic E-state index is 12.3. The Morgan fingerprint density at radius 1 is 0.938 bits per heavy atom. The minimum atomic E-state index is -5.08. The molecule has 0 amide bonds. The van der Waals surface area contributed by atoms with Gasteiger partial charge in [-0.05, 0) is 18.6 Å². The molecule has 0 aromatic heterocycles. The molecule has 16 heavy (non-hydrogen) atoms. The van der Waals surface area contributed by atoms with Crippen LogP contribution < -0.4 is 0 Å². The van der Waals surface area contributed by atoms with E-state index in [0.717, 1.165) is 6.92 Å². The van der Waals surface area contributed by atoms with Gasteiger partial charge in [0.15, 0.2) is 0 Å². The molecule has 1 rings (SSSR count). The van der Waals surface area contributed by atoms with Crippen LogP contribution in [0.3, 0.4) is 0 Å². The second-order valence-corrected chi connectivity index (χ2v) is 3.13.